The van der Waals surface area contributed by atoms with Crippen LogP contribution in [0.2, 0.25) is 0 Å². The van der Waals surface area contributed by atoms with Gasteiger partial charge in [-0.1, -0.05) is 52.8 Å². The van der Waals surface area contributed by atoms with Crippen molar-refractivity contribution in [1.82, 2.24) is 4.57 Å². The molecule has 3 atom stereocenters. The van der Waals surface area contributed by atoms with Crippen LogP contribution in [0.15, 0.2) is 51.4 Å². The zero-order chi connectivity index (χ0) is 23.8. The van der Waals surface area contributed by atoms with Gasteiger partial charge in [0.05, 0.1) is 5.71 Å². The summed E-state index contributed by atoms with van der Waals surface area (Å²) in [4.78, 5) is 29.4. The van der Waals surface area contributed by atoms with Crippen LogP contribution in [0.1, 0.15) is 82.9 Å². The highest BCUT2D eigenvalue weighted by Crippen LogP contribution is 2.50. The van der Waals surface area contributed by atoms with E-state index in [1.54, 1.807) is 19.3 Å². The lowest BCUT2D eigenvalue weighted by molar-refractivity contribution is 0.0693. The molecule has 172 valence electrons. The van der Waals surface area contributed by atoms with Crippen molar-refractivity contribution >= 4 is 17.3 Å². The Morgan fingerprint density at radius 1 is 1.38 bits per heavy atom. The maximum absolute atomic E-state index is 12.9. The summed E-state index contributed by atoms with van der Waals surface area (Å²) in [7, 11) is 1.79. The fraction of sp³-hybridized carbons (Fsp3) is 0.519. The molecule has 32 heavy (non-hydrogen) atoms. The molecule has 0 aliphatic heterocycles. The van der Waals surface area contributed by atoms with Crippen LogP contribution in [-0.2, 0) is 0 Å². The molecule has 0 saturated heterocycles. The van der Waals surface area contributed by atoms with Gasteiger partial charge in [0.15, 0.2) is 5.43 Å². The van der Waals surface area contributed by atoms with Crippen LogP contribution < -0.4 is 5.43 Å². The van der Waals surface area contributed by atoms with Crippen molar-refractivity contribution < 1.29 is 9.90 Å². The Morgan fingerprint density at radius 3 is 2.59 bits per heavy atom. The van der Waals surface area contributed by atoms with Gasteiger partial charge in [-0.25, -0.2) is 4.79 Å². The van der Waals surface area contributed by atoms with Gasteiger partial charge in [0, 0.05) is 36.6 Å². The molecule has 1 fully saturated rings. The van der Waals surface area contributed by atoms with Gasteiger partial charge in [-0.15, -0.1) is 0 Å². The number of carboxylic acids is 1. The van der Waals surface area contributed by atoms with Crippen molar-refractivity contribution in [3.8, 4) is 0 Å². The molecule has 2 aliphatic carbocycles. The summed E-state index contributed by atoms with van der Waals surface area (Å²) in [6, 6.07) is 1.65. The van der Waals surface area contributed by atoms with E-state index >= 15 is 0 Å². The summed E-state index contributed by atoms with van der Waals surface area (Å²) in [6.07, 6.45) is 10.8. The second-order valence-electron chi connectivity index (χ2n) is 10.0. The van der Waals surface area contributed by atoms with Gasteiger partial charge in [-0.2, -0.15) is 0 Å². The predicted octanol–water partition coefficient (Wildman–Crippen LogP) is 5.93. The fourth-order valence-corrected chi connectivity index (χ4v) is 5.52. The zero-order valence-corrected chi connectivity index (χ0v) is 20.4. The minimum atomic E-state index is -1.18. The van der Waals surface area contributed by atoms with Gasteiger partial charge in [0.1, 0.15) is 5.56 Å². The highest BCUT2D eigenvalue weighted by molar-refractivity contribution is 6.19. The minimum Gasteiger partial charge on any atom is -0.477 e. The van der Waals surface area contributed by atoms with E-state index in [0.717, 1.165) is 47.4 Å². The van der Waals surface area contributed by atoms with Crippen molar-refractivity contribution in [3.05, 3.63) is 63.1 Å². The van der Waals surface area contributed by atoms with E-state index in [9.17, 15) is 14.7 Å². The summed E-state index contributed by atoms with van der Waals surface area (Å²) in [5, 5.41) is 9.71. The SMILES string of the molecule is CCC(C)/C(=C1/C=CC=C(C)C1=NC)c1cc(=O)c(C(=O)O)cn1C1C(C)CCC1(C)C. The van der Waals surface area contributed by atoms with E-state index in [4.69, 9.17) is 0 Å². The molecule has 5 nitrogen and oxygen atoms in total. The normalized spacial score (nSPS) is 26.2. The number of nitrogens with zero attached hydrogens (tertiary/aromatic N) is 2. The van der Waals surface area contributed by atoms with E-state index in [1.807, 2.05) is 19.1 Å². The third-order valence-electron chi connectivity index (χ3n) is 7.33. The molecule has 1 aromatic heterocycles. The third-order valence-corrected chi connectivity index (χ3v) is 7.33. The van der Waals surface area contributed by atoms with E-state index in [2.05, 4.69) is 50.3 Å². The summed E-state index contributed by atoms with van der Waals surface area (Å²) in [6.45, 7) is 13.1. The van der Waals surface area contributed by atoms with Gasteiger partial charge in [-0.05, 0) is 54.6 Å². The topological polar surface area (TPSA) is 71.7 Å². The Morgan fingerprint density at radius 2 is 2.06 bits per heavy atom. The van der Waals surface area contributed by atoms with Crippen molar-refractivity contribution in [2.45, 2.75) is 66.8 Å². The molecule has 1 saturated carbocycles. The summed E-state index contributed by atoms with van der Waals surface area (Å²) in [5.41, 5.74) is 4.26. The number of hydrogen-bond donors (Lipinski definition) is 1. The van der Waals surface area contributed by atoms with Gasteiger partial charge in [0.25, 0.3) is 0 Å². The summed E-state index contributed by atoms with van der Waals surface area (Å²) in [5.74, 6) is -0.638. The first kappa shape index (κ1) is 24.0. The van der Waals surface area contributed by atoms with Gasteiger partial charge in [0.2, 0.25) is 0 Å². The highest BCUT2D eigenvalue weighted by Gasteiger charge is 2.42. The standard InChI is InChI=1S/C27H36N2O3/c1-8-16(2)23(19-11-9-10-17(3)24(19)28-7)21-14-22(30)20(26(31)32)15-29(21)25-18(4)12-13-27(25,5)6/h9-11,14-16,18,25H,8,12-13H2,1-7H3,(H,31,32)/b23-19+,28-24?. The van der Waals surface area contributed by atoms with Crippen LogP contribution in [0.3, 0.4) is 0 Å². The molecule has 0 spiro atoms. The molecule has 2 aliphatic rings. The van der Waals surface area contributed by atoms with Gasteiger partial charge >= 0.3 is 5.97 Å². The molecule has 5 heteroatoms. The molecule has 0 aromatic carbocycles. The quantitative estimate of drug-likeness (QED) is 0.622. The number of aromatic carboxylic acids is 1. The molecule has 3 unspecified atom stereocenters. The smallest absolute Gasteiger partial charge is 0.341 e. The lowest BCUT2D eigenvalue weighted by Gasteiger charge is -2.36. The maximum atomic E-state index is 12.9. The van der Waals surface area contributed by atoms with Crippen molar-refractivity contribution in [1.29, 1.82) is 0 Å². The first-order chi connectivity index (χ1) is 15.0. The van der Waals surface area contributed by atoms with Crippen LogP contribution in [0.4, 0.5) is 0 Å². The number of aromatic nitrogens is 1. The van der Waals surface area contributed by atoms with E-state index in [-0.39, 0.29) is 22.9 Å². The Hall–Kier alpha value is -2.69. The molecular formula is C27H36N2O3. The second-order valence-corrected chi connectivity index (χ2v) is 10.0. The number of carboxylic acid groups (broad SMARTS) is 1. The number of allylic oxidation sites excluding steroid dienone is 6. The summed E-state index contributed by atoms with van der Waals surface area (Å²) < 4.78 is 2.10. The molecule has 1 heterocycles. The number of pyridine rings is 1. The highest BCUT2D eigenvalue weighted by atomic mass is 16.4. The number of hydrogen-bond acceptors (Lipinski definition) is 3. The molecule has 1 aromatic rings. The van der Waals surface area contributed by atoms with Crippen LogP contribution in [0, 0.1) is 17.3 Å². The lowest BCUT2D eigenvalue weighted by atomic mass is 9.82. The number of carbonyl (C=O) groups is 1. The van der Waals surface area contributed by atoms with Crippen molar-refractivity contribution in [2.24, 2.45) is 22.2 Å². The Balaban J connectivity index is 2.43. The van der Waals surface area contributed by atoms with E-state index < -0.39 is 11.4 Å². The van der Waals surface area contributed by atoms with Crippen LogP contribution in [0.25, 0.3) is 5.57 Å². The minimum absolute atomic E-state index is 0.00979. The maximum Gasteiger partial charge on any atom is 0.341 e. The number of rotatable bonds is 5. The largest absolute Gasteiger partial charge is 0.477 e. The zero-order valence-electron chi connectivity index (χ0n) is 20.4. The fourth-order valence-electron chi connectivity index (χ4n) is 5.52. The average molecular weight is 437 g/mol. The molecular weight excluding hydrogens is 400 g/mol. The van der Waals surface area contributed by atoms with Crippen LogP contribution in [0.5, 0.6) is 0 Å². The summed E-state index contributed by atoms with van der Waals surface area (Å²) >= 11 is 0. The first-order valence-corrected chi connectivity index (χ1v) is 11.6. The second kappa shape index (κ2) is 9.05. The first-order valence-electron chi connectivity index (χ1n) is 11.6. The molecule has 1 N–H and O–H groups in total. The molecule has 0 bridgehead atoms. The predicted molar refractivity (Wildman–Crippen MR) is 132 cm³/mol. The Bertz CT molecular complexity index is 1100. The number of aliphatic imine (C=N–C) groups is 1. The van der Waals surface area contributed by atoms with Gasteiger partial charge < -0.3 is 9.67 Å². The van der Waals surface area contributed by atoms with E-state index in [1.165, 1.54) is 0 Å². The van der Waals surface area contributed by atoms with Gasteiger partial charge in [-0.3, -0.25) is 9.79 Å². The van der Waals surface area contributed by atoms with Crippen LogP contribution in [-0.4, -0.2) is 28.4 Å². The van der Waals surface area contributed by atoms with Crippen molar-refractivity contribution in [2.75, 3.05) is 7.05 Å². The van der Waals surface area contributed by atoms with Crippen LogP contribution >= 0.6 is 0 Å². The van der Waals surface area contributed by atoms with E-state index in [0.29, 0.717) is 5.92 Å². The monoisotopic (exact) mass is 436 g/mol. The average Bonchev–Trinajstić information content (AvgIpc) is 3.00. The van der Waals surface area contributed by atoms with Crippen molar-refractivity contribution in [3.63, 3.8) is 0 Å². The Kier molecular flexibility index (Phi) is 6.77. The third kappa shape index (κ3) is 4.17. The molecule has 0 amide bonds. The molecule has 3 rings (SSSR count). The lowest BCUT2D eigenvalue weighted by Crippen LogP contribution is -2.31. The Labute approximate surface area is 191 Å². The molecule has 0 radical (unpaired) electrons.